The van der Waals surface area contributed by atoms with Crippen molar-refractivity contribution in [3.63, 3.8) is 0 Å². The van der Waals surface area contributed by atoms with Gasteiger partial charge in [-0.15, -0.1) is 0 Å². The van der Waals surface area contributed by atoms with Gasteiger partial charge >= 0.3 is 0 Å². The van der Waals surface area contributed by atoms with Crippen LogP contribution in [0, 0.1) is 19.7 Å². The molecule has 1 N–H and O–H groups in total. The zero-order valence-electron chi connectivity index (χ0n) is 13.6. The van der Waals surface area contributed by atoms with Crippen LogP contribution in [0.5, 0.6) is 0 Å². The van der Waals surface area contributed by atoms with Gasteiger partial charge in [-0.3, -0.25) is 4.79 Å². The van der Waals surface area contributed by atoms with Crippen LogP contribution in [0.15, 0.2) is 54.6 Å². The second-order valence-corrected chi connectivity index (χ2v) is 5.67. The molecule has 0 aliphatic carbocycles. The highest BCUT2D eigenvalue weighted by Gasteiger charge is 2.12. The Morgan fingerprint density at radius 2 is 1.83 bits per heavy atom. The van der Waals surface area contributed by atoms with Gasteiger partial charge < -0.3 is 5.32 Å². The molecule has 0 fully saturated rings. The fourth-order valence-electron chi connectivity index (χ4n) is 2.65. The van der Waals surface area contributed by atoms with Crippen molar-refractivity contribution in [2.75, 3.05) is 5.32 Å². The number of halogens is 1. The lowest BCUT2D eigenvalue weighted by Crippen LogP contribution is -2.17. The first-order valence-electron chi connectivity index (χ1n) is 7.70. The summed E-state index contributed by atoms with van der Waals surface area (Å²) in [5.74, 6) is -0.645. The standard InChI is InChI=1S/C19H18FN3O/c1-13-11-14(2)23(22-13)18-10-6-5-9-17(18)21-19(24)12-15-7-3-4-8-16(15)20/h3-11H,12H2,1-2H3,(H,21,24). The van der Waals surface area contributed by atoms with Gasteiger partial charge in [-0.2, -0.15) is 5.10 Å². The van der Waals surface area contributed by atoms with Crippen molar-refractivity contribution >= 4 is 11.6 Å². The van der Waals surface area contributed by atoms with Crippen LogP contribution in [0.4, 0.5) is 10.1 Å². The van der Waals surface area contributed by atoms with E-state index in [9.17, 15) is 9.18 Å². The molecule has 0 aliphatic heterocycles. The summed E-state index contributed by atoms with van der Waals surface area (Å²) in [6, 6.07) is 15.7. The first-order valence-corrected chi connectivity index (χ1v) is 7.70. The van der Waals surface area contributed by atoms with E-state index in [1.807, 2.05) is 44.2 Å². The fourth-order valence-corrected chi connectivity index (χ4v) is 2.65. The molecule has 0 spiro atoms. The maximum Gasteiger partial charge on any atom is 0.228 e. The van der Waals surface area contributed by atoms with Crippen LogP contribution >= 0.6 is 0 Å². The molecule has 0 aliphatic rings. The molecule has 1 aromatic heterocycles. The summed E-state index contributed by atoms with van der Waals surface area (Å²) in [6.45, 7) is 3.88. The van der Waals surface area contributed by atoms with Gasteiger partial charge in [0.25, 0.3) is 0 Å². The molecule has 0 saturated carbocycles. The Morgan fingerprint density at radius 3 is 2.54 bits per heavy atom. The Morgan fingerprint density at radius 1 is 1.12 bits per heavy atom. The smallest absolute Gasteiger partial charge is 0.228 e. The molecule has 0 saturated heterocycles. The van der Waals surface area contributed by atoms with E-state index in [1.54, 1.807) is 22.9 Å². The van der Waals surface area contributed by atoms with Crippen molar-refractivity contribution in [1.29, 1.82) is 0 Å². The average Bonchev–Trinajstić information content (AvgIpc) is 2.88. The van der Waals surface area contributed by atoms with E-state index in [0.29, 0.717) is 11.3 Å². The Hall–Kier alpha value is -2.95. The molecule has 0 unspecified atom stereocenters. The second kappa shape index (κ2) is 6.66. The zero-order valence-corrected chi connectivity index (χ0v) is 13.6. The van der Waals surface area contributed by atoms with Crippen molar-refractivity contribution < 1.29 is 9.18 Å². The molecule has 122 valence electrons. The van der Waals surface area contributed by atoms with Crippen molar-refractivity contribution in [2.45, 2.75) is 20.3 Å². The molecule has 2 aromatic carbocycles. The molecule has 3 rings (SSSR count). The number of rotatable bonds is 4. The van der Waals surface area contributed by atoms with Gasteiger partial charge in [0.1, 0.15) is 5.82 Å². The van der Waals surface area contributed by atoms with Crippen LogP contribution in [0.1, 0.15) is 17.0 Å². The number of hydrogen-bond donors (Lipinski definition) is 1. The topological polar surface area (TPSA) is 46.9 Å². The van der Waals surface area contributed by atoms with E-state index in [4.69, 9.17) is 0 Å². The fraction of sp³-hybridized carbons (Fsp3) is 0.158. The number of nitrogens with zero attached hydrogens (tertiary/aromatic N) is 2. The third kappa shape index (κ3) is 3.35. The average molecular weight is 323 g/mol. The summed E-state index contributed by atoms with van der Waals surface area (Å²) in [6.07, 6.45) is -0.0157. The third-order valence-electron chi connectivity index (χ3n) is 3.72. The first-order chi connectivity index (χ1) is 11.5. The number of aryl methyl sites for hydroxylation is 2. The molecule has 3 aromatic rings. The third-order valence-corrected chi connectivity index (χ3v) is 3.72. The number of benzene rings is 2. The van der Waals surface area contributed by atoms with Crippen LogP contribution in [0.2, 0.25) is 0 Å². The van der Waals surface area contributed by atoms with E-state index in [2.05, 4.69) is 10.4 Å². The lowest BCUT2D eigenvalue weighted by atomic mass is 10.1. The van der Waals surface area contributed by atoms with Crippen molar-refractivity contribution in [3.05, 3.63) is 77.4 Å². The Labute approximate surface area is 139 Å². The molecule has 24 heavy (non-hydrogen) atoms. The lowest BCUT2D eigenvalue weighted by Gasteiger charge is -2.12. The van der Waals surface area contributed by atoms with Crippen LogP contribution < -0.4 is 5.32 Å². The first kappa shape index (κ1) is 15.9. The minimum atomic E-state index is -0.375. The maximum atomic E-state index is 13.7. The highest BCUT2D eigenvalue weighted by atomic mass is 19.1. The van der Waals surface area contributed by atoms with E-state index in [1.165, 1.54) is 6.07 Å². The normalized spacial score (nSPS) is 10.6. The highest BCUT2D eigenvalue weighted by Crippen LogP contribution is 2.22. The summed E-state index contributed by atoms with van der Waals surface area (Å²) >= 11 is 0. The van der Waals surface area contributed by atoms with Crippen molar-refractivity contribution in [2.24, 2.45) is 0 Å². The maximum absolute atomic E-state index is 13.7. The van der Waals surface area contributed by atoms with Gasteiger partial charge in [-0.05, 0) is 43.7 Å². The molecule has 0 atom stereocenters. The molecule has 4 nitrogen and oxygen atoms in total. The number of amides is 1. The van der Waals surface area contributed by atoms with Crippen LogP contribution in [0.3, 0.4) is 0 Å². The largest absolute Gasteiger partial charge is 0.324 e. The molecule has 5 heteroatoms. The molecule has 1 amide bonds. The Bertz CT molecular complexity index is 886. The van der Waals surface area contributed by atoms with Crippen LogP contribution in [-0.2, 0) is 11.2 Å². The predicted octanol–water partition coefficient (Wildman–Crippen LogP) is 3.81. The van der Waals surface area contributed by atoms with Crippen LogP contribution in [-0.4, -0.2) is 15.7 Å². The summed E-state index contributed by atoms with van der Waals surface area (Å²) in [4.78, 5) is 12.3. The van der Waals surface area contributed by atoms with Crippen molar-refractivity contribution in [1.82, 2.24) is 9.78 Å². The number of anilines is 1. The Balaban J connectivity index is 1.85. The van der Waals surface area contributed by atoms with Gasteiger partial charge in [0.2, 0.25) is 5.91 Å². The van der Waals surface area contributed by atoms with Gasteiger partial charge in [-0.25, -0.2) is 9.07 Å². The van der Waals surface area contributed by atoms with E-state index in [-0.39, 0.29) is 18.1 Å². The van der Waals surface area contributed by atoms with E-state index in [0.717, 1.165) is 17.1 Å². The molecule has 1 heterocycles. The van der Waals surface area contributed by atoms with Gasteiger partial charge in [0.05, 0.1) is 23.5 Å². The van der Waals surface area contributed by atoms with Crippen LogP contribution in [0.25, 0.3) is 5.69 Å². The number of carbonyl (C=O) groups excluding carboxylic acids is 1. The SMILES string of the molecule is Cc1cc(C)n(-c2ccccc2NC(=O)Cc2ccccc2F)n1. The lowest BCUT2D eigenvalue weighted by molar-refractivity contribution is -0.115. The summed E-state index contributed by atoms with van der Waals surface area (Å²) < 4.78 is 15.5. The molecule has 0 radical (unpaired) electrons. The number of nitrogens with one attached hydrogen (secondary N) is 1. The quantitative estimate of drug-likeness (QED) is 0.793. The van der Waals surface area contributed by atoms with E-state index < -0.39 is 0 Å². The summed E-state index contributed by atoms with van der Waals surface area (Å²) in [5.41, 5.74) is 3.68. The predicted molar refractivity (Wildman–Crippen MR) is 91.8 cm³/mol. The Kier molecular flexibility index (Phi) is 4.42. The van der Waals surface area contributed by atoms with E-state index >= 15 is 0 Å². The second-order valence-electron chi connectivity index (χ2n) is 5.67. The number of para-hydroxylation sites is 2. The minimum Gasteiger partial charge on any atom is -0.324 e. The molecular weight excluding hydrogens is 305 g/mol. The zero-order chi connectivity index (χ0) is 17.1. The molecular formula is C19H18FN3O. The van der Waals surface area contributed by atoms with Gasteiger partial charge in [0, 0.05) is 5.69 Å². The van der Waals surface area contributed by atoms with Gasteiger partial charge in [-0.1, -0.05) is 30.3 Å². The minimum absolute atomic E-state index is 0.0157. The highest BCUT2D eigenvalue weighted by molar-refractivity contribution is 5.94. The summed E-state index contributed by atoms with van der Waals surface area (Å²) in [7, 11) is 0. The number of carbonyl (C=O) groups is 1. The molecule has 0 bridgehead atoms. The van der Waals surface area contributed by atoms with Crippen molar-refractivity contribution in [3.8, 4) is 5.69 Å². The summed E-state index contributed by atoms with van der Waals surface area (Å²) in [5, 5.41) is 7.31. The number of aromatic nitrogens is 2. The monoisotopic (exact) mass is 323 g/mol. The number of hydrogen-bond acceptors (Lipinski definition) is 2. The van der Waals surface area contributed by atoms with Gasteiger partial charge in [0.15, 0.2) is 0 Å².